The first-order valence-corrected chi connectivity index (χ1v) is 6.09. The van der Waals surface area contributed by atoms with Gasteiger partial charge >= 0.3 is 0 Å². The van der Waals surface area contributed by atoms with E-state index in [0.29, 0.717) is 6.04 Å². The molecule has 2 rings (SSSR count). The molecule has 2 heterocycles. The van der Waals surface area contributed by atoms with E-state index in [4.69, 9.17) is 0 Å². The third-order valence-corrected chi connectivity index (χ3v) is 3.92. The monoisotopic (exact) mass is 210 g/mol. The van der Waals surface area contributed by atoms with Crippen molar-refractivity contribution in [2.75, 3.05) is 26.2 Å². The van der Waals surface area contributed by atoms with E-state index in [-0.39, 0.29) is 5.54 Å². The van der Waals surface area contributed by atoms with Crippen molar-refractivity contribution < 1.29 is 4.79 Å². The number of nitrogens with zero attached hydrogens (tertiary/aromatic N) is 2. The highest BCUT2D eigenvalue weighted by Crippen LogP contribution is 2.24. The van der Waals surface area contributed by atoms with Crippen LogP contribution in [0.25, 0.3) is 0 Å². The smallest absolute Gasteiger partial charge is 0.139 e. The molecule has 0 spiro atoms. The highest BCUT2D eigenvalue weighted by Gasteiger charge is 2.36. The van der Waals surface area contributed by atoms with Crippen LogP contribution < -0.4 is 0 Å². The first-order chi connectivity index (χ1) is 7.13. The van der Waals surface area contributed by atoms with Crippen LogP contribution in [-0.2, 0) is 4.79 Å². The SMILES string of the molecule is CC(C)(C=O)N1CCC(N2CCCC2)C1. The molecule has 0 aromatic heterocycles. The number of likely N-dealkylation sites (tertiary alicyclic amines) is 2. The van der Waals surface area contributed by atoms with Gasteiger partial charge in [-0.05, 0) is 46.2 Å². The van der Waals surface area contributed by atoms with Crippen molar-refractivity contribution in [3.63, 3.8) is 0 Å². The van der Waals surface area contributed by atoms with Gasteiger partial charge < -0.3 is 4.79 Å². The van der Waals surface area contributed by atoms with E-state index in [1.807, 2.05) is 13.8 Å². The van der Waals surface area contributed by atoms with E-state index < -0.39 is 0 Å². The van der Waals surface area contributed by atoms with E-state index in [9.17, 15) is 4.79 Å². The van der Waals surface area contributed by atoms with Crippen molar-refractivity contribution in [3.05, 3.63) is 0 Å². The van der Waals surface area contributed by atoms with E-state index in [0.717, 1.165) is 19.4 Å². The summed E-state index contributed by atoms with van der Waals surface area (Å²) in [6, 6.07) is 0.701. The summed E-state index contributed by atoms with van der Waals surface area (Å²) < 4.78 is 0. The predicted molar refractivity (Wildman–Crippen MR) is 60.9 cm³/mol. The summed E-state index contributed by atoms with van der Waals surface area (Å²) in [6.07, 6.45) is 5.03. The third kappa shape index (κ3) is 2.23. The molecule has 86 valence electrons. The number of carbonyl (C=O) groups excluding carboxylic acids is 1. The van der Waals surface area contributed by atoms with Gasteiger partial charge in [0, 0.05) is 19.1 Å². The minimum atomic E-state index is -0.269. The summed E-state index contributed by atoms with van der Waals surface area (Å²) in [7, 11) is 0. The van der Waals surface area contributed by atoms with Gasteiger partial charge in [-0.3, -0.25) is 9.80 Å². The molecule has 0 amide bonds. The second-order valence-electron chi connectivity index (χ2n) is 5.40. The number of aldehydes is 1. The predicted octanol–water partition coefficient (Wildman–Crippen LogP) is 1.13. The summed E-state index contributed by atoms with van der Waals surface area (Å²) >= 11 is 0. The highest BCUT2D eigenvalue weighted by atomic mass is 16.1. The minimum absolute atomic E-state index is 0.269. The Morgan fingerprint density at radius 1 is 1.20 bits per heavy atom. The third-order valence-electron chi connectivity index (χ3n) is 3.92. The van der Waals surface area contributed by atoms with Crippen LogP contribution in [0.1, 0.15) is 33.1 Å². The molecular weight excluding hydrogens is 188 g/mol. The summed E-state index contributed by atoms with van der Waals surface area (Å²) in [4.78, 5) is 15.9. The first-order valence-electron chi connectivity index (χ1n) is 6.09. The van der Waals surface area contributed by atoms with Gasteiger partial charge in [0.2, 0.25) is 0 Å². The average Bonchev–Trinajstić information content (AvgIpc) is 2.88. The highest BCUT2D eigenvalue weighted by molar-refractivity contribution is 5.62. The molecular formula is C12H22N2O. The molecule has 1 atom stereocenters. The van der Waals surface area contributed by atoms with Gasteiger partial charge in [-0.2, -0.15) is 0 Å². The molecule has 2 aliphatic rings. The zero-order chi connectivity index (χ0) is 10.9. The second-order valence-corrected chi connectivity index (χ2v) is 5.40. The fourth-order valence-electron chi connectivity index (χ4n) is 2.74. The van der Waals surface area contributed by atoms with Crippen LogP contribution in [-0.4, -0.2) is 53.8 Å². The van der Waals surface area contributed by atoms with Crippen molar-refractivity contribution in [2.24, 2.45) is 0 Å². The molecule has 0 saturated carbocycles. The molecule has 1 unspecified atom stereocenters. The van der Waals surface area contributed by atoms with Crippen molar-refractivity contribution in [1.29, 1.82) is 0 Å². The Kier molecular flexibility index (Phi) is 3.12. The van der Waals surface area contributed by atoms with Gasteiger partial charge in [-0.25, -0.2) is 0 Å². The van der Waals surface area contributed by atoms with Gasteiger partial charge in [0.25, 0.3) is 0 Å². The molecule has 0 radical (unpaired) electrons. The summed E-state index contributed by atoms with van der Waals surface area (Å²) in [5.74, 6) is 0. The average molecular weight is 210 g/mol. The molecule has 2 fully saturated rings. The van der Waals surface area contributed by atoms with Crippen molar-refractivity contribution in [2.45, 2.75) is 44.7 Å². The molecule has 0 bridgehead atoms. The Morgan fingerprint density at radius 3 is 2.47 bits per heavy atom. The maximum atomic E-state index is 11.0. The standard InChI is InChI=1S/C12H22N2O/c1-12(2,10-15)14-8-5-11(9-14)13-6-3-4-7-13/h10-11H,3-9H2,1-2H3. The van der Waals surface area contributed by atoms with Crippen LogP contribution in [0, 0.1) is 0 Å². The first kappa shape index (κ1) is 11.1. The fraction of sp³-hybridized carbons (Fsp3) is 0.917. The summed E-state index contributed by atoms with van der Waals surface area (Å²) in [5.41, 5.74) is -0.269. The van der Waals surface area contributed by atoms with E-state index in [2.05, 4.69) is 9.80 Å². The lowest BCUT2D eigenvalue weighted by atomic mass is 10.1. The lowest BCUT2D eigenvalue weighted by Crippen LogP contribution is -2.45. The summed E-state index contributed by atoms with van der Waals surface area (Å²) in [6.45, 7) is 8.72. The van der Waals surface area contributed by atoms with Crippen LogP contribution in [0.5, 0.6) is 0 Å². The normalized spacial score (nSPS) is 29.9. The Bertz CT molecular complexity index is 234. The van der Waals surface area contributed by atoms with Crippen LogP contribution in [0.2, 0.25) is 0 Å². The van der Waals surface area contributed by atoms with E-state index >= 15 is 0 Å². The molecule has 0 aromatic carbocycles. The molecule has 2 aliphatic heterocycles. The maximum absolute atomic E-state index is 11.0. The second kappa shape index (κ2) is 4.22. The molecule has 0 aliphatic carbocycles. The number of rotatable bonds is 3. The van der Waals surface area contributed by atoms with Gasteiger partial charge in [-0.15, -0.1) is 0 Å². The van der Waals surface area contributed by atoms with Crippen LogP contribution in [0.15, 0.2) is 0 Å². The molecule has 0 aromatic rings. The zero-order valence-corrected chi connectivity index (χ0v) is 9.91. The van der Waals surface area contributed by atoms with Crippen molar-refractivity contribution in [1.82, 2.24) is 9.80 Å². The van der Waals surface area contributed by atoms with Gasteiger partial charge in [0.05, 0.1) is 5.54 Å². The minimum Gasteiger partial charge on any atom is -0.301 e. The topological polar surface area (TPSA) is 23.6 Å². The number of hydrogen-bond acceptors (Lipinski definition) is 3. The Labute approximate surface area is 92.4 Å². The van der Waals surface area contributed by atoms with Crippen LogP contribution in [0.4, 0.5) is 0 Å². The van der Waals surface area contributed by atoms with Crippen LogP contribution in [0.3, 0.4) is 0 Å². The van der Waals surface area contributed by atoms with Gasteiger partial charge in [0.1, 0.15) is 6.29 Å². The Morgan fingerprint density at radius 2 is 1.87 bits per heavy atom. The molecule has 3 nitrogen and oxygen atoms in total. The molecule has 0 N–H and O–H groups in total. The van der Waals surface area contributed by atoms with Crippen LogP contribution >= 0.6 is 0 Å². The maximum Gasteiger partial charge on any atom is 0.139 e. The van der Waals surface area contributed by atoms with Gasteiger partial charge in [-0.1, -0.05) is 0 Å². The van der Waals surface area contributed by atoms with E-state index in [1.54, 1.807) is 0 Å². The fourth-order valence-corrected chi connectivity index (χ4v) is 2.74. The lowest BCUT2D eigenvalue weighted by molar-refractivity contribution is -0.116. The lowest BCUT2D eigenvalue weighted by Gasteiger charge is -2.31. The zero-order valence-electron chi connectivity index (χ0n) is 9.91. The Balaban J connectivity index is 1.91. The largest absolute Gasteiger partial charge is 0.301 e. The Hall–Kier alpha value is -0.410. The molecule has 3 heteroatoms. The van der Waals surface area contributed by atoms with E-state index in [1.165, 1.54) is 32.4 Å². The molecule has 15 heavy (non-hydrogen) atoms. The van der Waals surface area contributed by atoms with Crippen molar-refractivity contribution in [3.8, 4) is 0 Å². The number of hydrogen-bond donors (Lipinski definition) is 0. The molecule has 2 saturated heterocycles. The number of carbonyl (C=O) groups is 1. The van der Waals surface area contributed by atoms with Gasteiger partial charge in [0.15, 0.2) is 0 Å². The quantitative estimate of drug-likeness (QED) is 0.653. The van der Waals surface area contributed by atoms with Crippen molar-refractivity contribution >= 4 is 6.29 Å². The summed E-state index contributed by atoms with van der Waals surface area (Å²) in [5, 5.41) is 0.